The van der Waals surface area contributed by atoms with E-state index in [0.29, 0.717) is 0 Å². The third-order valence-corrected chi connectivity index (χ3v) is 4.71. The van der Waals surface area contributed by atoms with E-state index in [-0.39, 0.29) is 0 Å². The van der Waals surface area contributed by atoms with Gasteiger partial charge in [-0.15, -0.1) is 0 Å². The van der Waals surface area contributed by atoms with Gasteiger partial charge in [-0.3, -0.25) is 0 Å². The summed E-state index contributed by atoms with van der Waals surface area (Å²) in [4.78, 5) is 5.13. The zero-order valence-electron chi connectivity index (χ0n) is 12.3. The van der Waals surface area contributed by atoms with Crippen LogP contribution < -0.4 is 5.32 Å². The molecule has 0 radical (unpaired) electrons. The smallest absolute Gasteiger partial charge is 0.0197 e. The van der Waals surface area contributed by atoms with Crippen LogP contribution in [0.3, 0.4) is 0 Å². The Morgan fingerprint density at radius 1 is 1.28 bits per heavy atom. The van der Waals surface area contributed by atoms with Crippen LogP contribution in [0.15, 0.2) is 0 Å². The van der Waals surface area contributed by atoms with Gasteiger partial charge in [-0.2, -0.15) is 0 Å². The van der Waals surface area contributed by atoms with Crippen molar-refractivity contribution in [2.75, 3.05) is 46.3 Å². The van der Waals surface area contributed by atoms with Crippen LogP contribution in [-0.2, 0) is 0 Å². The van der Waals surface area contributed by atoms with Gasteiger partial charge in [0.25, 0.3) is 0 Å². The maximum absolute atomic E-state index is 3.69. The fourth-order valence-corrected chi connectivity index (χ4v) is 3.39. The number of nitrogens with zero attached hydrogens (tertiary/aromatic N) is 2. The summed E-state index contributed by atoms with van der Waals surface area (Å²) in [7, 11) is 2.29. The van der Waals surface area contributed by atoms with Crippen molar-refractivity contribution in [2.24, 2.45) is 5.92 Å². The highest BCUT2D eigenvalue weighted by atomic mass is 15.2. The molecule has 0 saturated carbocycles. The van der Waals surface area contributed by atoms with Gasteiger partial charge in [0.15, 0.2) is 0 Å². The summed E-state index contributed by atoms with van der Waals surface area (Å²) < 4.78 is 0. The summed E-state index contributed by atoms with van der Waals surface area (Å²) >= 11 is 0. The highest BCUT2D eigenvalue weighted by molar-refractivity contribution is 4.80. The number of nitrogens with one attached hydrogen (secondary N) is 1. The van der Waals surface area contributed by atoms with E-state index in [1.54, 1.807) is 0 Å². The SMILES string of the molecule is CCC1CCNC(CN(C)CCN2CCCC2)C1. The van der Waals surface area contributed by atoms with Gasteiger partial charge in [0.2, 0.25) is 0 Å². The molecule has 2 aliphatic heterocycles. The monoisotopic (exact) mass is 253 g/mol. The Hall–Kier alpha value is -0.120. The van der Waals surface area contributed by atoms with E-state index < -0.39 is 0 Å². The fraction of sp³-hybridized carbons (Fsp3) is 1.00. The van der Waals surface area contributed by atoms with Crippen molar-refractivity contribution < 1.29 is 0 Å². The van der Waals surface area contributed by atoms with E-state index in [9.17, 15) is 0 Å². The second-order valence-electron chi connectivity index (χ2n) is 6.26. The van der Waals surface area contributed by atoms with Crippen LogP contribution in [0.2, 0.25) is 0 Å². The molecule has 3 heteroatoms. The number of hydrogen-bond acceptors (Lipinski definition) is 3. The third kappa shape index (κ3) is 4.52. The Bertz CT molecular complexity index is 226. The molecule has 1 N–H and O–H groups in total. The summed E-state index contributed by atoms with van der Waals surface area (Å²) in [6.07, 6.45) is 6.93. The molecule has 2 rings (SSSR count). The van der Waals surface area contributed by atoms with Crippen molar-refractivity contribution in [1.29, 1.82) is 0 Å². The van der Waals surface area contributed by atoms with Gasteiger partial charge in [-0.05, 0) is 58.3 Å². The standard InChI is InChI=1S/C15H31N3/c1-3-14-6-7-16-15(12-14)13-17(2)10-11-18-8-4-5-9-18/h14-16H,3-13H2,1-2H3. The molecule has 0 aliphatic carbocycles. The Kier molecular flexibility index (Phi) is 5.93. The van der Waals surface area contributed by atoms with Gasteiger partial charge in [-0.1, -0.05) is 13.3 Å². The van der Waals surface area contributed by atoms with Gasteiger partial charge in [0.05, 0.1) is 0 Å². The predicted octanol–water partition coefficient (Wildman–Crippen LogP) is 1.79. The highest BCUT2D eigenvalue weighted by Gasteiger charge is 2.21. The molecule has 2 fully saturated rings. The van der Waals surface area contributed by atoms with Crippen molar-refractivity contribution in [3.05, 3.63) is 0 Å². The largest absolute Gasteiger partial charge is 0.313 e. The zero-order chi connectivity index (χ0) is 12.8. The minimum absolute atomic E-state index is 0.729. The van der Waals surface area contributed by atoms with Crippen molar-refractivity contribution in [3.8, 4) is 0 Å². The van der Waals surface area contributed by atoms with E-state index in [0.717, 1.165) is 12.0 Å². The molecule has 2 aliphatic rings. The summed E-state index contributed by atoms with van der Waals surface area (Å²) in [5.41, 5.74) is 0. The van der Waals surface area contributed by atoms with E-state index in [4.69, 9.17) is 0 Å². The van der Waals surface area contributed by atoms with E-state index in [1.165, 1.54) is 71.4 Å². The molecule has 2 atom stereocenters. The molecule has 106 valence electrons. The van der Waals surface area contributed by atoms with Crippen molar-refractivity contribution in [2.45, 2.75) is 45.1 Å². The van der Waals surface area contributed by atoms with E-state index in [1.807, 2.05) is 0 Å². The summed E-state index contributed by atoms with van der Waals surface area (Å²) in [6.45, 7) is 9.94. The second kappa shape index (κ2) is 7.46. The Morgan fingerprint density at radius 2 is 2.06 bits per heavy atom. The molecule has 0 bridgehead atoms. The first-order valence-corrected chi connectivity index (χ1v) is 7.92. The number of likely N-dealkylation sites (tertiary alicyclic amines) is 1. The number of rotatable bonds is 6. The Morgan fingerprint density at radius 3 is 2.78 bits per heavy atom. The lowest BCUT2D eigenvalue weighted by atomic mass is 9.90. The average Bonchev–Trinajstić information content (AvgIpc) is 2.90. The minimum Gasteiger partial charge on any atom is -0.313 e. The Balaban J connectivity index is 1.61. The lowest BCUT2D eigenvalue weighted by Crippen LogP contribution is -2.46. The topological polar surface area (TPSA) is 18.5 Å². The molecule has 0 amide bonds. The molecule has 2 unspecified atom stereocenters. The Labute approximate surface area is 113 Å². The molecule has 3 nitrogen and oxygen atoms in total. The molecule has 0 spiro atoms. The van der Waals surface area contributed by atoms with Crippen molar-refractivity contribution >= 4 is 0 Å². The van der Waals surface area contributed by atoms with E-state index in [2.05, 4.69) is 29.1 Å². The molecule has 18 heavy (non-hydrogen) atoms. The van der Waals surface area contributed by atoms with Gasteiger partial charge >= 0.3 is 0 Å². The predicted molar refractivity (Wildman–Crippen MR) is 78.0 cm³/mol. The van der Waals surface area contributed by atoms with Crippen LogP contribution in [0.5, 0.6) is 0 Å². The van der Waals surface area contributed by atoms with Gasteiger partial charge in [0, 0.05) is 25.7 Å². The lowest BCUT2D eigenvalue weighted by molar-refractivity contribution is 0.205. The quantitative estimate of drug-likeness (QED) is 0.778. The lowest BCUT2D eigenvalue weighted by Gasteiger charge is -2.33. The third-order valence-electron chi connectivity index (χ3n) is 4.71. The fourth-order valence-electron chi connectivity index (χ4n) is 3.39. The average molecular weight is 253 g/mol. The normalized spacial score (nSPS) is 30.2. The number of hydrogen-bond donors (Lipinski definition) is 1. The van der Waals surface area contributed by atoms with Crippen LogP contribution in [0.1, 0.15) is 39.0 Å². The van der Waals surface area contributed by atoms with Crippen LogP contribution in [-0.4, -0.2) is 62.2 Å². The highest BCUT2D eigenvalue weighted by Crippen LogP contribution is 2.19. The summed E-state index contributed by atoms with van der Waals surface area (Å²) in [5, 5.41) is 3.69. The van der Waals surface area contributed by atoms with Gasteiger partial charge in [0.1, 0.15) is 0 Å². The second-order valence-corrected chi connectivity index (χ2v) is 6.26. The molecular weight excluding hydrogens is 222 g/mol. The van der Waals surface area contributed by atoms with Crippen LogP contribution >= 0.6 is 0 Å². The number of likely N-dealkylation sites (N-methyl/N-ethyl adjacent to an activating group) is 1. The molecule has 2 saturated heterocycles. The number of piperidine rings is 1. The summed E-state index contributed by atoms with van der Waals surface area (Å²) in [5.74, 6) is 0.961. The maximum atomic E-state index is 3.69. The van der Waals surface area contributed by atoms with Crippen molar-refractivity contribution in [1.82, 2.24) is 15.1 Å². The first kappa shape index (κ1) is 14.3. The molecule has 0 aromatic rings. The molecular formula is C15H31N3. The zero-order valence-corrected chi connectivity index (χ0v) is 12.3. The molecule has 0 aromatic carbocycles. The van der Waals surface area contributed by atoms with Gasteiger partial charge < -0.3 is 15.1 Å². The van der Waals surface area contributed by atoms with Gasteiger partial charge in [-0.25, -0.2) is 0 Å². The van der Waals surface area contributed by atoms with Crippen molar-refractivity contribution in [3.63, 3.8) is 0 Å². The van der Waals surface area contributed by atoms with Crippen LogP contribution in [0.4, 0.5) is 0 Å². The first-order chi connectivity index (χ1) is 8.78. The molecule has 0 aromatic heterocycles. The summed E-state index contributed by atoms with van der Waals surface area (Å²) in [6, 6.07) is 0.729. The van der Waals surface area contributed by atoms with Crippen LogP contribution in [0.25, 0.3) is 0 Å². The van der Waals surface area contributed by atoms with E-state index >= 15 is 0 Å². The van der Waals surface area contributed by atoms with Crippen LogP contribution in [0, 0.1) is 5.92 Å². The maximum Gasteiger partial charge on any atom is 0.0197 e. The minimum atomic E-state index is 0.729. The molecule has 2 heterocycles. The first-order valence-electron chi connectivity index (χ1n) is 7.92.